The number of fused-ring (bicyclic) bond motifs is 1. The van der Waals surface area contributed by atoms with E-state index in [-0.39, 0.29) is 29.7 Å². The van der Waals surface area contributed by atoms with Gasteiger partial charge in [-0.2, -0.15) is 0 Å². The van der Waals surface area contributed by atoms with Crippen molar-refractivity contribution in [1.29, 1.82) is 0 Å². The van der Waals surface area contributed by atoms with Crippen LogP contribution < -0.4 is 11.0 Å². The Morgan fingerprint density at radius 2 is 1.76 bits per heavy atom. The number of para-hydroxylation sites is 2. The van der Waals surface area contributed by atoms with Gasteiger partial charge in [0.05, 0.1) is 23.1 Å². The second-order valence-electron chi connectivity index (χ2n) is 7.26. The summed E-state index contributed by atoms with van der Waals surface area (Å²) in [7, 11) is 0. The molecule has 29 heavy (non-hydrogen) atoms. The van der Waals surface area contributed by atoms with Crippen LogP contribution in [0.1, 0.15) is 29.2 Å². The van der Waals surface area contributed by atoms with Crippen molar-refractivity contribution in [1.82, 2.24) is 14.5 Å². The lowest BCUT2D eigenvalue weighted by atomic mass is 10.0. The summed E-state index contributed by atoms with van der Waals surface area (Å²) in [4.78, 5) is 40.5. The van der Waals surface area contributed by atoms with Gasteiger partial charge in [0.1, 0.15) is 0 Å². The molecular formula is C21H22N4O4. The number of benzene rings is 2. The fraction of sp³-hybridized carbons (Fsp3) is 0.286. The average Bonchev–Trinajstić information content (AvgIpc) is 3.04. The van der Waals surface area contributed by atoms with Crippen molar-refractivity contribution in [3.63, 3.8) is 0 Å². The number of aromatic nitrogens is 2. The zero-order valence-electron chi connectivity index (χ0n) is 15.8. The highest BCUT2D eigenvalue weighted by Crippen LogP contribution is 2.24. The minimum absolute atomic E-state index is 0.0906. The number of carboxylic acids is 1. The van der Waals surface area contributed by atoms with E-state index in [1.807, 2.05) is 28.8 Å². The molecular weight excluding hydrogens is 372 g/mol. The molecule has 2 heterocycles. The molecule has 1 aromatic heterocycles. The highest BCUT2D eigenvalue weighted by molar-refractivity contribution is 5.93. The number of hydrogen-bond donors (Lipinski definition) is 3. The molecule has 1 aliphatic heterocycles. The van der Waals surface area contributed by atoms with Crippen molar-refractivity contribution in [3.05, 3.63) is 64.6 Å². The topological polar surface area (TPSA) is 107 Å². The Kier molecular flexibility index (Phi) is 5.18. The number of imidazole rings is 1. The third-order valence-corrected chi connectivity index (χ3v) is 5.33. The van der Waals surface area contributed by atoms with E-state index in [0.29, 0.717) is 5.69 Å². The summed E-state index contributed by atoms with van der Waals surface area (Å²) >= 11 is 0. The van der Waals surface area contributed by atoms with Crippen LogP contribution in [-0.2, 0) is 4.79 Å². The van der Waals surface area contributed by atoms with Gasteiger partial charge in [-0.25, -0.2) is 9.59 Å². The molecule has 0 unspecified atom stereocenters. The number of rotatable bonds is 5. The first-order valence-corrected chi connectivity index (χ1v) is 9.56. The number of carbonyl (C=O) groups excluding carboxylic acids is 1. The van der Waals surface area contributed by atoms with Gasteiger partial charge in [0, 0.05) is 24.8 Å². The highest BCUT2D eigenvalue weighted by Gasteiger charge is 2.24. The SMILES string of the molecule is O=C(CN1CCC(n2c(=O)[nH]c3ccccc32)CC1)Nc1ccc(C(=O)O)cc1. The minimum atomic E-state index is -1.000. The molecule has 0 saturated carbocycles. The van der Waals surface area contributed by atoms with Crippen LogP contribution in [0.3, 0.4) is 0 Å². The standard InChI is InChI=1S/C21H22N4O4/c26-19(22-15-7-5-14(6-8-15)20(27)28)13-24-11-9-16(10-12-24)25-18-4-2-1-3-17(18)23-21(25)29/h1-8,16H,9-13H2,(H,22,26)(H,23,29)(H,27,28). The number of aromatic carboxylic acids is 1. The maximum absolute atomic E-state index is 12.4. The lowest BCUT2D eigenvalue weighted by molar-refractivity contribution is -0.117. The molecule has 150 valence electrons. The van der Waals surface area contributed by atoms with E-state index < -0.39 is 5.97 Å². The number of anilines is 1. The summed E-state index contributed by atoms with van der Waals surface area (Å²) < 4.78 is 1.83. The molecule has 0 radical (unpaired) electrons. The average molecular weight is 394 g/mol. The minimum Gasteiger partial charge on any atom is -0.478 e. The van der Waals surface area contributed by atoms with Crippen molar-refractivity contribution in [2.24, 2.45) is 0 Å². The predicted octanol–water partition coefficient (Wildman–Crippen LogP) is 2.30. The molecule has 0 bridgehead atoms. The molecule has 1 saturated heterocycles. The third kappa shape index (κ3) is 4.07. The van der Waals surface area contributed by atoms with Crippen LogP contribution in [0.2, 0.25) is 0 Å². The molecule has 1 fully saturated rings. The Labute approximate surface area is 166 Å². The number of nitrogens with zero attached hydrogens (tertiary/aromatic N) is 2. The molecule has 1 aliphatic rings. The molecule has 1 amide bonds. The number of carbonyl (C=O) groups is 2. The fourth-order valence-electron chi connectivity index (χ4n) is 3.87. The van der Waals surface area contributed by atoms with Gasteiger partial charge in [-0.1, -0.05) is 12.1 Å². The summed E-state index contributed by atoms with van der Waals surface area (Å²) in [5, 5.41) is 11.7. The Balaban J connectivity index is 1.33. The van der Waals surface area contributed by atoms with Crippen LogP contribution >= 0.6 is 0 Å². The van der Waals surface area contributed by atoms with Crippen LogP contribution in [0.5, 0.6) is 0 Å². The second-order valence-corrected chi connectivity index (χ2v) is 7.26. The van der Waals surface area contributed by atoms with Crippen LogP contribution in [0.4, 0.5) is 5.69 Å². The first-order chi connectivity index (χ1) is 14.0. The van der Waals surface area contributed by atoms with Crippen LogP contribution in [0.15, 0.2) is 53.3 Å². The number of hydrogen-bond acceptors (Lipinski definition) is 4. The Morgan fingerprint density at radius 1 is 1.07 bits per heavy atom. The number of piperidine rings is 1. The van der Waals surface area contributed by atoms with Crippen LogP contribution in [-0.4, -0.2) is 51.1 Å². The second kappa shape index (κ2) is 7.92. The molecule has 3 N–H and O–H groups in total. The molecule has 8 nitrogen and oxygen atoms in total. The maximum Gasteiger partial charge on any atom is 0.335 e. The first-order valence-electron chi connectivity index (χ1n) is 9.56. The molecule has 0 spiro atoms. The monoisotopic (exact) mass is 394 g/mol. The molecule has 2 aromatic carbocycles. The van der Waals surface area contributed by atoms with E-state index in [0.717, 1.165) is 37.0 Å². The third-order valence-electron chi connectivity index (χ3n) is 5.33. The fourth-order valence-corrected chi connectivity index (χ4v) is 3.87. The lowest BCUT2D eigenvalue weighted by Crippen LogP contribution is -2.40. The van der Waals surface area contributed by atoms with E-state index in [2.05, 4.69) is 15.2 Å². The predicted molar refractivity (Wildman–Crippen MR) is 109 cm³/mol. The van der Waals surface area contributed by atoms with Gasteiger partial charge in [0.2, 0.25) is 5.91 Å². The van der Waals surface area contributed by atoms with Crippen molar-refractivity contribution < 1.29 is 14.7 Å². The Bertz CT molecular complexity index is 1090. The number of likely N-dealkylation sites (tertiary alicyclic amines) is 1. The van der Waals surface area contributed by atoms with E-state index in [1.165, 1.54) is 12.1 Å². The van der Waals surface area contributed by atoms with E-state index in [1.54, 1.807) is 12.1 Å². The number of carboxylic acid groups (broad SMARTS) is 1. The summed E-state index contributed by atoms with van der Waals surface area (Å²) in [5.41, 5.74) is 2.41. The lowest BCUT2D eigenvalue weighted by Gasteiger charge is -2.32. The summed E-state index contributed by atoms with van der Waals surface area (Å²) in [6.45, 7) is 1.71. The van der Waals surface area contributed by atoms with Gasteiger partial charge in [-0.15, -0.1) is 0 Å². The van der Waals surface area contributed by atoms with Gasteiger partial charge >= 0.3 is 11.7 Å². The zero-order valence-corrected chi connectivity index (χ0v) is 15.8. The van der Waals surface area contributed by atoms with Gasteiger partial charge in [0.15, 0.2) is 0 Å². The van der Waals surface area contributed by atoms with Gasteiger partial charge in [0.25, 0.3) is 0 Å². The van der Waals surface area contributed by atoms with Gasteiger partial charge in [-0.05, 0) is 49.2 Å². The summed E-state index contributed by atoms with van der Waals surface area (Å²) in [6, 6.07) is 13.9. The van der Waals surface area contributed by atoms with Crippen molar-refractivity contribution in [3.8, 4) is 0 Å². The smallest absolute Gasteiger partial charge is 0.335 e. The Hall–Kier alpha value is -3.39. The van der Waals surface area contributed by atoms with Gasteiger partial charge in [-0.3, -0.25) is 14.3 Å². The largest absolute Gasteiger partial charge is 0.478 e. The Morgan fingerprint density at radius 3 is 2.45 bits per heavy atom. The molecule has 8 heteroatoms. The maximum atomic E-state index is 12.4. The van der Waals surface area contributed by atoms with Crippen molar-refractivity contribution >= 4 is 28.6 Å². The van der Waals surface area contributed by atoms with Crippen molar-refractivity contribution in [2.75, 3.05) is 25.0 Å². The number of nitrogens with one attached hydrogen (secondary N) is 2. The highest BCUT2D eigenvalue weighted by atomic mass is 16.4. The quantitative estimate of drug-likeness (QED) is 0.616. The van der Waals surface area contributed by atoms with Crippen molar-refractivity contribution in [2.45, 2.75) is 18.9 Å². The van der Waals surface area contributed by atoms with E-state index >= 15 is 0 Å². The number of aromatic amines is 1. The van der Waals surface area contributed by atoms with Gasteiger partial charge < -0.3 is 15.4 Å². The summed E-state index contributed by atoms with van der Waals surface area (Å²) in [5.74, 6) is -1.14. The molecule has 0 aliphatic carbocycles. The normalized spacial score (nSPS) is 15.4. The van der Waals surface area contributed by atoms with Crippen LogP contribution in [0, 0.1) is 0 Å². The zero-order chi connectivity index (χ0) is 20.4. The summed E-state index contributed by atoms with van der Waals surface area (Å²) in [6.07, 6.45) is 1.59. The molecule has 0 atom stereocenters. The number of amides is 1. The molecule has 4 rings (SSSR count). The first kappa shape index (κ1) is 18.9. The molecule has 3 aromatic rings. The van der Waals surface area contributed by atoms with E-state index in [9.17, 15) is 14.4 Å². The van der Waals surface area contributed by atoms with E-state index in [4.69, 9.17) is 5.11 Å². The van der Waals surface area contributed by atoms with Crippen LogP contribution in [0.25, 0.3) is 11.0 Å². The number of H-pyrrole nitrogens is 1.